The lowest BCUT2D eigenvalue weighted by Gasteiger charge is -2.20. The molecule has 0 saturated heterocycles. The molecule has 1 aromatic heterocycles. The fourth-order valence-electron chi connectivity index (χ4n) is 1.91. The van der Waals surface area contributed by atoms with E-state index < -0.39 is 33.2 Å². The molecule has 6 nitrogen and oxygen atoms in total. The minimum absolute atomic E-state index is 0.281. The van der Waals surface area contributed by atoms with Gasteiger partial charge in [0.1, 0.15) is 5.60 Å². The molecule has 0 amide bonds. The van der Waals surface area contributed by atoms with E-state index in [0.717, 1.165) is 12.3 Å². The number of ether oxygens (including phenoxy) is 1. The molecule has 0 unspecified atom stereocenters. The van der Waals surface area contributed by atoms with Gasteiger partial charge in [-0.15, -0.1) is 0 Å². The number of hydrogen-bond acceptors (Lipinski definition) is 5. The zero-order chi connectivity index (χ0) is 19.8. The molecule has 0 aliphatic carbocycles. The number of aromatic nitrogens is 1. The average molecular weight is 391 g/mol. The van der Waals surface area contributed by atoms with Crippen LogP contribution in [0.3, 0.4) is 0 Å². The molecule has 0 N–H and O–H groups in total. The van der Waals surface area contributed by atoms with Gasteiger partial charge < -0.3 is 8.92 Å². The summed E-state index contributed by atoms with van der Waals surface area (Å²) in [6, 6.07) is 9.36. The van der Waals surface area contributed by atoms with E-state index in [1.807, 2.05) is 0 Å². The maximum atomic E-state index is 12.6. The maximum absolute atomic E-state index is 12.6. The van der Waals surface area contributed by atoms with Crippen molar-refractivity contribution in [1.29, 1.82) is 0 Å². The number of alkyl halides is 3. The van der Waals surface area contributed by atoms with Gasteiger partial charge in [-0.1, -0.05) is 30.3 Å². The van der Waals surface area contributed by atoms with Gasteiger partial charge in [0, 0.05) is 17.8 Å². The molecule has 2 rings (SSSR count). The minimum Gasteiger partial charge on any atom is -0.443 e. The van der Waals surface area contributed by atoms with Crippen LogP contribution in [0.5, 0.6) is 5.88 Å². The highest BCUT2D eigenvalue weighted by Gasteiger charge is 2.49. The zero-order valence-electron chi connectivity index (χ0n) is 14.1. The second-order valence-corrected chi connectivity index (χ2v) is 7.80. The highest BCUT2D eigenvalue weighted by atomic mass is 32.2. The topological polar surface area (TPSA) is 74.6 Å². The van der Waals surface area contributed by atoms with Gasteiger partial charge in [0.2, 0.25) is 5.88 Å². The fourth-order valence-corrected chi connectivity index (χ4v) is 2.36. The van der Waals surface area contributed by atoms with Gasteiger partial charge >= 0.3 is 21.7 Å². The Morgan fingerprint density at radius 3 is 2.12 bits per heavy atom. The van der Waals surface area contributed by atoms with Crippen molar-refractivity contribution in [3.8, 4) is 17.0 Å². The largest absolute Gasteiger partial charge is 0.534 e. The van der Waals surface area contributed by atoms with Gasteiger partial charge in [-0.05, 0) is 26.3 Å². The van der Waals surface area contributed by atoms with Crippen LogP contribution >= 0.6 is 0 Å². The number of carbonyl (C=O) groups excluding carboxylic acids is 1. The second kappa shape index (κ2) is 6.67. The summed E-state index contributed by atoms with van der Waals surface area (Å²) in [6.07, 6.45) is 0.0667. The van der Waals surface area contributed by atoms with E-state index in [1.165, 1.54) is 0 Å². The predicted molar refractivity (Wildman–Crippen MR) is 87.1 cm³/mol. The molecule has 10 heteroatoms. The quantitative estimate of drug-likeness (QED) is 0.580. The third-order valence-corrected chi connectivity index (χ3v) is 3.92. The number of benzene rings is 1. The smallest absolute Gasteiger partial charge is 0.443 e. The number of halogens is 3. The summed E-state index contributed by atoms with van der Waals surface area (Å²) in [5.41, 5.74) is -5.76. The van der Waals surface area contributed by atoms with Crippen molar-refractivity contribution in [2.75, 3.05) is 0 Å². The van der Waals surface area contributed by atoms with Gasteiger partial charge in [0.05, 0.1) is 0 Å². The van der Waals surface area contributed by atoms with Gasteiger partial charge in [0.25, 0.3) is 0 Å². The molecule has 142 valence electrons. The van der Waals surface area contributed by atoms with E-state index in [4.69, 9.17) is 4.74 Å². The lowest BCUT2D eigenvalue weighted by molar-refractivity contribution is -0.0502. The van der Waals surface area contributed by atoms with Crippen LogP contribution in [0.15, 0.2) is 42.6 Å². The van der Waals surface area contributed by atoms with E-state index in [0.29, 0.717) is 10.1 Å². The van der Waals surface area contributed by atoms with Crippen LogP contribution in [-0.2, 0) is 14.9 Å². The van der Waals surface area contributed by atoms with Crippen molar-refractivity contribution in [3.63, 3.8) is 0 Å². The van der Waals surface area contributed by atoms with Crippen molar-refractivity contribution < 1.29 is 35.3 Å². The standard InChI is InChI=1S/C16H16F3NO5S/c1-15(2,3)24-14(21)20-10-12(11-7-5-4-6-8-11)9-13(20)25-26(22,23)16(17,18)19/h4-10H,1-3H3. The summed E-state index contributed by atoms with van der Waals surface area (Å²) in [6.45, 7) is 4.67. The summed E-state index contributed by atoms with van der Waals surface area (Å²) < 4.78 is 70.3. The van der Waals surface area contributed by atoms with Crippen LogP contribution in [-0.4, -0.2) is 30.2 Å². The molecule has 0 saturated carbocycles. The number of rotatable bonds is 3. The Labute approximate surface area is 148 Å². The van der Waals surface area contributed by atoms with E-state index >= 15 is 0 Å². The monoisotopic (exact) mass is 391 g/mol. The van der Waals surface area contributed by atoms with Crippen molar-refractivity contribution in [2.45, 2.75) is 31.9 Å². The van der Waals surface area contributed by atoms with Crippen LogP contribution in [0.25, 0.3) is 11.1 Å². The molecular weight excluding hydrogens is 375 g/mol. The first-order valence-corrected chi connectivity index (χ1v) is 8.73. The Balaban J connectivity index is 2.51. The predicted octanol–water partition coefficient (Wildman–Crippen LogP) is 4.17. The van der Waals surface area contributed by atoms with E-state index in [2.05, 4.69) is 4.18 Å². The molecule has 0 bridgehead atoms. The Hall–Kier alpha value is -2.49. The minimum atomic E-state index is -5.95. The zero-order valence-corrected chi connectivity index (χ0v) is 14.9. The SMILES string of the molecule is CC(C)(C)OC(=O)n1cc(-c2ccccc2)cc1OS(=O)(=O)C(F)(F)F. The molecule has 0 radical (unpaired) electrons. The second-order valence-electron chi connectivity index (χ2n) is 6.27. The number of nitrogens with zero attached hydrogens (tertiary/aromatic N) is 1. The molecule has 0 aliphatic rings. The Morgan fingerprint density at radius 2 is 1.62 bits per heavy atom. The summed E-state index contributed by atoms with van der Waals surface area (Å²) in [5, 5.41) is 0. The summed E-state index contributed by atoms with van der Waals surface area (Å²) >= 11 is 0. The van der Waals surface area contributed by atoms with Crippen molar-refractivity contribution >= 4 is 16.2 Å². The highest BCUT2D eigenvalue weighted by Crippen LogP contribution is 2.32. The van der Waals surface area contributed by atoms with Crippen molar-refractivity contribution in [3.05, 3.63) is 42.6 Å². The summed E-state index contributed by atoms with van der Waals surface area (Å²) in [7, 11) is -5.95. The molecule has 1 heterocycles. The molecule has 26 heavy (non-hydrogen) atoms. The molecule has 2 aromatic rings. The number of hydrogen-bond donors (Lipinski definition) is 0. The van der Waals surface area contributed by atoms with Crippen LogP contribution in [0.4, 0.5) is 18.0 Å². The number of carbonyl (C=O) groups is 1. The van der Waals surface area contributed by atoms with Crippen molar-refractivity contribution in [1.82, 2.24) is 4.57 Å². The van der Waals surface area contributed by atoms with E-state index in [-0.39, 0.29) is 5.56 Å². The first-order chi connectivity index (χ1) is 11.8. The Morgan fingerprint density at radius 1 is 1.04 bits per heavy atom. The average Bonchev–Trinajstić information content (AvgIpc) is 2.88. The van der Waals surface area contributed by atoms with Gasteiger partial charge in [0.15, 0.2) is 0 Å². The molecule has 0 atom stereocenters. The molecule has 1 aromatic carbocycles. The van der Waals surface area contributed by atoms with Crippen molar-refractivity contribution in [2.24, 2.45) is 0 Å². The van der Waals surface area contributed by atoms with Crippen LogP contribution in [0.1, 0.15) is 20.8 Å². The lowest BCUT2D eigenvalue weighted by atomic mass is 10.1. The van der Waals surface area contributed by atoms with Crippen LogP contribution in [0, 0.1) is 0 Å². The van der Waals surface area contributed by atoms with Gasteiger partial charge in [-0.25, -0.2) is 9.36 Å². The third kappa shape index (κ3) is 4.57. The maximum Gasteiger partial charge on any atom is 0.534 e. The Kier molecular flexibility index (Phi) is 5.09. The Bertz CT molecular complexity index is 896. The summed E-state index contributed by atoms with van der Waals surface area (Å²) in [4.78, 5) is 12.2. The van der Waals surface area contributed by atoms with E-state index in [9.17, 15) is 26.4 Å². The van der Waals surface area contributed by atoms with Gasteiger partial charge in [-0.3, -0.25) is 0 Å². The third-order valence-electron chi connectivity index (χ3n) is 2.96. The first-order valence-electron chi connectivity index (χ1n) is 7.32. The van der Waals surface area contributed by atoms with Gasteiger partial charge in [-0.2, -0.15) is 21.6 Å². The lowest BCUT2D eigenvalue weighted by Crippen LogP contribution is -2.31. The van der Waals surface area contributed by atoms with Crippen LogP contribution in [0.2, 0.25) is 0 Å². The van der Waals surface area contributed by atoms with Crippen LogP contribution < -0.4 is 4.18 Å². The molecule has 0 fully saturated rings. The molecule has 0 spiro atoms. The summed E-state index contributed by atoms with van der Waals surface area (Å²) in [5.74, 6) is -0.824. The van der Waals surface area contributed by atoms with E-state index in [1.54, 1.807) is 51.1 Å². The fraction of sp³-hybridized carbons (Fsp3) is 0.312. The first kappa shape index (κ1) is 19.8. The molecule has 0 aliphatic heterocycles. The highest BCUT2D eigenvalue weighted by molar-refractivity contribution is 7.87. The molecular formula is C16H16F3NO5S. The normalized spacial score (nSPS) is 12.7.